The normalized spacial score (nSPS) is 20.6. The Morgan fingerprint density at radius 1 is 1.22 bits per heavy atom. The first kappa shape index (κ1) is 20.0. The quantitative estimate of drug-likeness (QED) is 0.781. The maximum Gasteiger partial charge on any atom is 0.316 e. The van der Waals surface area contributed by atoms with Crippen molar-refractivity contribution in [3.63, 3.8) is 0 Å². The zero-order chi connectivity index (χ0) is 19.6. The highest BCUT2D eigenvalue weighted by Gasteiger charge is 2.30. The summed E-state index contributed by atoms with van der Waals surface area (Å²) in [6.45, 7) is 6.09. The molecule has 27 heavy (non-hydrogen) atoms. The van der Waals surface area contributed by atoms with E-state index in [2.05, 4.69) is 19.8 Å². The van der Waals surface area contributed by atoms with Crippen molar-refractivity contribution >= 4 is 21.6 Å². The minimum Gasteiger partial charge on any atom is -0.460 e. The minimum atomic E-state index is -3.61. The van der Waals surface area contributed by atoms with Gasteiger partial charge in [-0.1, -0.05) is 11.6 Å². The number of sulfonamides is 1. The van der Waals surface area contributed by atoms with Crippen molar-refractivity contribution in [1.29, 1.82) is 0 Å². The molecule has 2 aromatic heterocycles. The molecule has 0 amide bonds. The number of halogens is 1. The molecule has 0 aliphatic heterocycles. The van der Waals surface area contributed by atoms with Crippen LogP contribution in [0, 0.1) is 13.8 Å². The van der Waals surface area contributed by atoms with Crippen LogP contribution in [0.1, 0.15) is 44.0 Å². The zero-order valence-corrected chi connectivity index (χ0v) is 17.2. The third-order valence-electron chi connectivity index (χ3n) is 4.75. The summed E-state index contributed by atoms with van der Waals surface area (Å²) < 4.78 is 36.0. The van der Waals surface area contributed by atoms with Crippen molar-refractivity contribution in [2.24, 2.45) is 0 Å². The molecule has 0 aromatic carbocycles. The molecule has 1 fully saturated rings. The summed E-state index contributed by atoms with van der Waals surface area (Å²) in [6.07, 6.45) is 5.79. The highest BCUT2D eigenvalue weighted by atomic mass is 35.5. The molecule has 1 N–H and O–H groups in total. The van der Waals surface area contributed by atoms with Crippen LogP contribution in [0.2, 0.25) is 5.02 Å². The largest absolute Gasteiger partial charge is 0.460 e. The maximum absolute atomic E-state index is 12.8. The monoisotopic (exact) mass is 413 g/mol. The van der Waals surface area contributed by atoms with Crippen LogP contribution in [-0.4, -0.2) is 40.3 Å². The summed E-state index contributed by atoms with van der Waals surface area (Å²) in [4.78, 5) is 8.36. The topological polar surface area (TPSA) is 99.0 Å². The third kappa shape index (κ3) is 4.59. The van der Waals surface area contributed by atoms with Gasteiger partial charge in [-0.15, -0.1) is 0 Å². The van der Waals surface area contributed by atoms with Crippen LogP contribution >= 0.6 is 11.6 Å². The van der Waals surface area contributed by atoms with E-state index < -0.39 is 10.0 Å². The Morgan fingerprint density at radius 3 is 2.41 bits per heavy atom. The number of rotatable bonds is 6. The van der Waals surface area contributed by atoms with Gasteiger partial charge in [0.1, 0.15) is 11.0 Å². The van der Waals surface area contributed by atoms with Crippen LogP contribution in [-0.2, 0) is 16.6 Å². The molecule has 2 heterocycles. The highest BCUT2D eigenvalue weighted by Crippen LogP contribution is 2.25. The van der Waals surface area contributed by atoms with E-state index in [0.717, 1.165) is 12.8 Å². The lowest BCUT2D eigenvalue weighted by Crippen LogP contribution is -2.40. The van der Waals surface area contributed by atoms with Gasteiger partial charge in [0.15, 0.2) is 0 Å². The fraction of sp³-hybridized carbons (Fsp3) is 0.588. The van der Waals surface area contributed by atoms with Gasteiger partial charge in [-0.3, -0.25) is 4.68 Å². The van der Waals surface area contributed by atoms with Crippen LogP contribution in [0.25, 0.3) is 0 Å². The Morgan fingerprint density at radius 2 is 1.85 bits per heavy atom. The molecule has 10 heteroatoms. The Bertz CT molecular complexity index is 890. The predicted octanol–water partition coefficient (Wildman–Crippen LogP) is 2.63. The second-order valence-electron chi connectivity index (χ2n) is 6.71. The van der Waals surface area contributed by atoms with Gasteiger partial charge in [-0.2, -0.15) is 5.10 Å². The molecule has 0 saturated heterocycles. The van der Waals surface area contributed by atoms with E-state index in [-0.39, 0.29) is 17.0 Å². The van der Waals surface area contributed by atoms with Crippen molar-refractivity contribution in [2.75, 3.05) is 0 Å². The van der Waals surface area contributed by atoms with Crippen LogP contribution in [0.15, 0.2) is 17.3 Å². The molecule has 8 nitrogen and oxygen atoms in total. The number of ether oxygens (including phenoxy) is 1. The maximum atomic E-state index is 12.8. The molecule has 3 rings (SSSR count). The lowest BCUT2D eigenvalue weighted by atomic mass is 9.94. The summed E-state index contributed by atoms with van der Waals surface area (Å²) in [7, 11) is -3.61. The summed E-state index contributed by atoms with van der Waals surface area (Å²) >= 11 is 5.77. The second kappa shape index (κ2) is 8.12. The number of hydrogen-bond acceptors (Lipinski definition) is 6. The van der Waals surface area contributed by atoms with Gasteiger partial charge in [0, 0.05) is 12.6 Å². The van der Waals surface area contributed by atoms with Crippen LogP contribution in [0.5, 0.6) is 6.01 Å². The lowest BCUT2D eigenvalue weighted by Gasteiger charge is -2.28. The van der Waals surface area contributed by atoms with Crippen LogP contribution in [0.4, 0.5) is 0 Å². The Hall–Kier alpha value is -1.71. The van der Waals surface area contributed by atoms with Crippen molar-refractivity contribution < 1.29 is 13.2 Å². The summed E-state index contributed by atoms with van der Waals surface area (Å²) in [5.74, 6) is 0. The van der Waals surface area contributed by atoms with E-state index in [1.54, 1.807) is 18.5 Å². The van der Waals surface area contributed by atoms with E-state index in [9.17, 15) is 8.42 Å². The SMILES string of the molecule is CCn1nc(C)c(S(=O)(=O)NC2CCC(Oc3ncc(Cl)cn3)CC2)c1C. The number of nitrogens with one attached hydrogen (secondary N) is 1. The standard InChI is InChI=1S/C17H24ClN5O3S/c1-4-23-12(3)16(11(2)21-23)27(24,25)22-14-5-7-15(8-6-14)26-17-19-9-13(18)10-20-17/h9-10,14-15,22H,4-8H2,1-3H3. The lowest BCUT2D eigenvalue weighted by molar-refractivity contribution is 0.132. The smallest absolute Gasteiger partial charge is 0.316 e. The molecule has 1 aliphatic rings. The average molecular weight is 414 g/mol. The zero-order valence-electron chi connectivity index (χ0n) is 15.6. The first-order chi connectivity index (χ1) is 12.8. The molecule has 2 aromatic rings. The number of aryl methyl sites for hydroxylation is 2. The fourth-order valence-corrected chi connectivity index (χ4v) is 5.28. The molecule has 0 unspecified atom stereocenters. The first-order valence-corrected chi connectivity index (χ1v) is 10.9. The number of aromatic nitrogens is 4. The average Bonchev–Trinajstić information content (AvgIpc) is 2.92. The molecule has 0 bridgehead atoms. The van der Waals surface area contributed by atoms with Gasteiger partial charge in [-0.25, -0.2) is 23.1 Å². The van der Waals surface area contributed by atoms with E-state index in [1.807, 2.05) is 6.92 Å². The molecule has 0 atom stereocenters. The Balaban J connectivity index is 1.60. The molecule has 0 spiro atoms. The van der Waals surface area contributed by atoms with Gasteiger partial charge in [0.25, 0.3) is 0 Å². The van der Waals surface area contributed by atoms with Crippen molar-refractivity contribution in [1.82, 2.24) is 24.5 Å². The van der Waals surface area contributed by atoms with Crippen molar-refractivity contribution in [2.45, 2.75) is 70.0 Å². The van der Waals surface area contributed by atoms with E-state index >= 15 is 0 Å². The van der Waals surface area contributed by atoms with E-state index in [0.29, 0.717) is 41.8 Å². The highest BCUT2D eigenvalue weighted by molar-refractivity contribution is 7.89. The fourth-order valence-electron chi connectivity index (χ4n) is 3.46. The van der Waals surface area contributed by atoms with Gasteiger partial charge < -0.3 is 4.74 Å². The predicted molar refractivity (Wildman–Crippen MR) is 101 cm³/mol. The van der Waals surface area contributed by atoms with Crippen molar-refractivity contribution in [3.8, 4) is 6.01 Å². The Kier molecular flexibility index (Phi) is 6.02. The number of nitrogens with zero attached hydrogens (tertiary/aromatic N) is 4. The molecule has 148 valence electrons. The molecule has 0 radical (unpaired) electrons. The summed E-state index contributed by atoms with van der Waals surface area (Å²) in [5.41, 5.74) is 1.19. The van der Waals surface area contributed by atoms with E-state index in [1.165, 1.54) is 12.4 Å². The Labute approximate surface area is 164 Å². The molecule has 1 aliphatic carbocycles. The third-order valence-corrected chi connectivity index (χ3v) is 6.72. The van der Waals surface area contributed by atoms with Gasteiger partial charge in [-0.05, 0) is 46.5 Å². The van der Waals surface area contributed by atoms with Gasteiger partial charge >= 0.3 is 6.01 Å². The number of hydrogen-bond donors (Lipinski definition) is 1. The molecular formula is C17H24ClN5O3S. The van der Waals surface area contributed by atoms with E-state index in [4.69, 9.17) is 16.3 Å². The second-order valence-corrected chi connectivity index (χ2v) is 8.80. The summed E-state index contributed by atoms with van der Waals surface area (Å²) in [5, 5.41) is 4.76. The molecule has 1 saturated carbocycles. The first-order valence-electron chi connectivity index (χ1n) is 9.00. The van der Waals surface area contributed by atoms with Crippen molar-refractivity contribution in [3.05, 3.63) is 28.8 Å². The van der Waals surface area contributed by atoms with Gasteiger partial charge in [0.2, 0.25) is 10.0 Å². The van der Waals surface area contributed by atoms with Crippen LogP contribution < -0.4 is 9.46 Å². The minimum absolute atomic E-state index is 0.0294. The van der Waals surface area contributed by atoms with Gasteiger partial charge in [0.05, 0.1) is 28.8 Å². The molecular weight excluding hydrogens is 390 g/mol. The van der Waals surface area contributed by atoms with Crippen LogP contribution in [0.3, 0.4) is 0 Å². The summed E-state index contributed by atoms with van der Waals surface area (Å²) in [6, 6.07) is 0.173.